The van der Waals surface area contributed by atoms with Crippen LogP contribution in [0.4, 0.5) is 0 Å². The molecule has 0 aromatic heterocycles. The molecule has 112 valence electrons. The molecule has 0 aliphatic heterocycles. The molecule has 2 rings (SSSR count). The fourth-order valence-electron chi connectivity index (χ4n) is 2.95. The molecule has 0 bridgehead atoms. The quantitative estimate of drug-likeness (QED) is 0.781. The van der Waals surface area contributed by atoms with E-state index in [0.29, 0.717) is 5.38 Å². The number of alkyl halides is 1. The van der Waals surface area contributed by atoms with Gasteiger partial charge in [0.15, 0.2) is 0 Å². The Labute approximate surface area is 129 Å². The van der Waals surface area contributed by atoms with E-state index in [1.54, 1.807) is 0 Å². The van der Waals surface area contributed by atoms with E-state index >= 15 is 0 Å². The van der Waals surface area contributed by atoms with Crippen LogP contribution in [-0.4, -0.2) is 11.9 Å². The monoisotopic (exact) mass is 293 g/mol. The standard InChI is InChI=1S/C18H28ClN/c1-18(2,3)16-9-7-14(8-10-16)12-20-13-15-5-4-6-17(19)11-15/h7-10,15,17,20H,4-6,11-13H2,1-3H3. The molecule has 1 N–H and O–H groups in total. The van der Waals surface area contributed by atoms with Crippen LogP contribution < -0.4 is 5.32 Å². The van der Waals surface area contributed by atoms with Crippen molar-refractivity contribution < 1.29 is 0 Å². The molecule has 1 fully saturated rings. The second kappa shape index (κ2) is 6.95. The van der Waals surface area contributed by atoms with Crippen molar-refractivity contribution >= 4 is 11.6 Å². The van der Waals surface area contributed by atoms with E-state index in [9.17, 15) is 0 Å². The molecule has 0 amide bonds. The van der Waals surface area contributed by atoms with Crippen molar-refractivity contribution in [1.82, 2.24) is 5.32 Å². The number of hydrogen-bond donors (Lipinski definition) is 1. The fourth-order valence-corrected chi connectivity index (χ4v) is 3.36. The van der Waals surface area contributed by atoms with E-state index in [2.05, 4.69) is 50.4 Å². The zero-order valence-corrected chi connectivity index (χ0v) is 13.8. The molecule has 1 saturated carbocycles. The summed E-state index contributed by atoms with van der Waals surface area (Å²) in [6.07, 6.45) is 5.00. The Hall–Kier alpha value is -0.530. The van der Waals surface area contributed by atoms with Gasteiger partial charge in [0.25, 0.3) is 0 Å². The predicted molar refractivity (Wildman–Crippen MR) is 88.4 cm³/mol. The highest BCUT2D eigenvalue weighted by atomic mass is 35.5. The second-order valence-corrected chi connectivity index (χ2v) is 7.82. The summed E-state index contributed by atoms with van der Waals surface area (Å²) in [5.41, 5.74) is 3.01. The molecule has 0 radical (unpaired) electrons. The average molecular weight is 294 g/mol. The van der Waals surface area contributed by atoms with Gasteiger partial charge in [-0.1, -0.05) is 51.5 Å². The molecular formula is C18H28ClN. The SMILES string of the molecule is CC(C)(C)c1ccc(CNCC2CCCC(Cl)C2)cc1. The van der Waals surface area contributed by atoms with Crippen molar-refractivity contribution in [2.24, 2.45) is 5.92 Å². The zero-order chi connectivity index (χ0) is 14.6. The maximum Gasteiger partial charge on any atom is 0.0339 e. The average Bonchev–Trinajstić information content (AvgIpc) is 2.38. The van der Waals surface area contributed by atoms with Crippen LogP contribution in [-0.2, 0) is 12.0 Å². The van der Waals surface area contributed by atoms with Gasteiger partial charge in [-0.2, -0.15) is 0 Å². The van der Waals surface area contributed by atoms with Gasteiger partial charge in [0.2, 0.25) is 0 Å². The minimum Gasteiger partial charge on any atom is -0.312 e. The highest BCUT2D eigenvalue weighted by Crippen LogP contribution is 2.27. The van der Waals surface area contributed by atoms with E-state index < -0.39 is 0 Å². The topological polar surface area (TPSA) is 12.0 Å². The van der Waals surface area contributed by atoms with Crippen LogP contribution in [0.5, 0.6) is 0 Å². The van der Waals surface area contributed by atoms with E-state index in [-0.39, 0.29) is 5.41 Å². The van der Waals surface area contributed by atoms with Crippen molar-refractivity contribution in [2.45, 2.75) is 63.8 Å². The van der Waals surface area contributed by atoms with Crippen molar-refractivity contribution in [1.29, 1.82) is 0 Å². The molecule has 1 nitrogen and oxygen atoms in total. The number of halogens is 1. The largest absolute Gasteiger partial charge is 0.312 e. The Balaban J connectivity index is 1.77. The minimum absolute atomic E-state index is 0.240. The summed E-state index contributed by atoms with van der Waals surface area (Å²) >= 11 is 6.24. The van der Waals surface area contributed by atoms with Crippen LogP contribution in [0.2, 0.25) is 0 Å². The molecule has 1 aliphatic carbocycles. The summed E-state index contributed by atoms with van der Waals surface area (Å²) in [7, 11) is 0. The van der Waals surface area contributed by atoms with Crippen LogP contribution in [0.3, 0.4) is 0 Å². The van der Waals surface area contributed by atoms with Crippen molar-refractivity contribution in [3.63, 3.8) is 0 Å². The lowest BCUT2D eigenvalue weighted by molar-refractivity contribution is 0.346. The summed E-state index contributed by atoms with van der Waals surface area (Å²) < 4.78 is 0. The summed E-state index contributed by atoms with van der Waals surface area (Å²) in [5, 5.41) is 4.00. The van der Waals surface area contributed by atoms with Crippen LogP contribution in [0.15, 0.2) is 24.3 Å². The molecule has 2 heteroatoms. The van der Waals surface area contributed by atoms with Gasteiger partial charge in [0, 0.05) is 11.9 Å². The van der Waals surface area contributed by atoms with Gasteiger partial charge in [0.1, 0.15) is 0 Å². The van der Waals surface area contributed by atoms with Crippen molar-refractivity contribution in [3.8, 4) is 0 Å². The molecule has 20 heavy (non-hydrogen) atoms. The van der Waals surface area contributed by atoms with E-state index in [1.807, 2.05) is 0 Å². The summed E-state index contributed by atoms with van der Waals surface area (Å²) in [6, 6.07) is 9.01. The molecule has 2 unspecified atom stereocenters. The van der Waals surface area contributed by atoms with Gasteiger partial charge in [-0.3, -0.25) is 0 Å². The first kappa shape index (κ1) is 15.9. The van der Waals surface area contributed by atoms with E-state index in [4.69, 9.17) is 11.6 Å². The maximum absolute atomic E-state index is 6.24. The Morgan fingerprint density at radius 3 is 2.45 bits per heavy atom. The zero-order valence-electron chi connectivity index (χ0n) is 13.1. The van der Waals surface area contributed by atoms with Gasteiger partial charge < -0.3 is 5.32 Å². The lowest BCUT2D eigenvalue weighted by Crippen LogP contribution is -2.27. The van der Waals surface area contributed by atoms with Gasteiger partial charge >= 0.3 is 0 Å². The number of hydrogen-bond acceptors (Lipinski definition) is 1. The summed E-state index contributed by atoms with van der Waals surface area (Å²) in [6.45, 7) is 8.84. The first-order valence-corrected chi connectivity index (χ1v) is 8.33. The van der Waals surface area contributed by atoms with Crippen molar-refractivity contribution in [2.75, 3.05) is 6.54 Å². The molecule has 0 saturated heterocycles. The molecule has 0 spiro atoms. The van der Waals surface area contributed by atoms with Gasteiger partial charge in [-0.05, 0) is 48.3 Å². The Bertz CT molecular complexity index is 404. The third-order valence-corrected chi connectivity index (χ3v) is 4.70. The molecule has 2 atom stereocenters. The van der Waals surface area contributed by atoms with E-state index in [0.717, 1.165) is 19.0 Å². The molecular weight excluding hydrogens is 266 g/mol. The highest BCUT2D eigenvalue weighted by molar-refractivity contribution is 6.20. The van der Waals surface area contributed by atoms with Crippen molar-refractivity contribution in [3.05, 3.63) is 35.4 Å². The smallest absolute Gasteiger partial charge is 0.0339 e. The van der Waals surface area contributed by atoms with Gasteiger partial charge in [0.05, 0.1) is 0 Å². The molecule has 0 heterocycles. The Kier molecular flexibility index (Phi) is 5.51. The van der Waals surface area contributed by atoms with Crippen LogP contribution in [0.25, 0.3) is 0 Å². The van der Waals surface area contributed by atoms with Gasteiger partial charge in [-0.15, -0.1) is 11.6 Å². The fraction of sp³-hybridized carbons (Fsp3) is 0.667. The first-order valence-electron chi connectivity index (χ1n) is 7.89. The number of benzene rings is 1. The third-order valence-electron chi connectivity index (χ3n) is 4.30. The Morgan fingerprint density at radius 2 is 1.85 bits per heavy atom. The lowest BCUT2D eigenvalue weighted by atomic mass is 9.86. The first-order chi connectivity index (χ1) is 9.45. The van der Waals surface area contributed by atoms with Crippen LogP contribution in [0, 0.1) is 5.92 Å². The second-order valence-electron chi connectivity index (χ2n) is 7.21. The minimum atomic E-state index is 0.240. The number of nitrogens with one attached hydrogen (secondary N) is 1. The van der Waals surface area contributed by atoms with Gasteiger partial charge in [-0.25, -0.2) is 0 Å². The summed E-state index contributed by atoms with van der Waals surface area (Å²) in [5.74, 6) is 0.764. The molecule has 1 aliphatic rings. The predicted octanol–water partition coefficient (Wildman–Crippen LogP) is 4.87. The highest BCUT2D eigenvalue weighted by Gasteiger charge is 2.19. The maximum atomic E-state index is 6.24. The lowest BCUT2D eigenvalue weighted by Gasteiger charge is -2.25. The molecule has 1 aromatic carbocycles. The van der Waals surface area contributed by atoms with Crippen LogP contribution in [0.1, 0.15) is 57.6 Å². The third kappa shape index (κ3) is 4.79. The molecule has 1 aromatic rings. The Morgan fingerprint density at radius 1 is 1.15 bits per heavy atom. The summed E-state index contributed by atoms with van der Waals surface area (Å²) in [4.78, 5) is 0. The van der Waals surface area contributed by atoms with E-state index in [1.165, 1.54) is 36.8 Å². The normalized spacial score (nSPS) is 23.8. The number of rotatable bonds is 4. The van der Waals surface area contributed by atoms with Crippen LogP contribution >= 0.6 is 11.6 Å².